The van der Waals surface area contributed by atoms with E-state index in [0.717, 1.165) is 11.3 Å². The lowest BCUT2D eigenvalue weighted by atomic mass is 10.2. The van der Waals surface area contributed by atoms with E-state index in [1.54, 1.807) is 30.5 Å². The lowest BCUT2D eigenvalue weighted by Gasteiger charge is -2.09. The molecule has 0 saturated heterocycles. The molecule has 0 aliphatic rings. The van der Waals surface area contributed by atoms with Gasteiger partial charge in [-0.3, -0.25) is 0 Å². The number of benzene rings is 2. The van der Waals surface area contributed by atoms with Crippen LogP contribution < -0.4 is 10.1 Å². The summed E-state index contributed by atoms with van der Waals surface area (Å²) in [6.45, 7) is 2.01. The summed E-state index contributed by atoms with van der Waals surface area (Å²) < 4.78 is 6.28. The lowest BCUT2D eigenvalue weighted by Crippen LogP contribution is -2.22. The van der Waals surface area contributed by atoms with E-state index in [4.69, 9.17) is 10.00 Å². The number of urea groups is 1. The molecule has 1 N–H and O–H groups in total. The number of anilines is 1. The second kappa shape index (κ2) is 6.68. The SMILES string of the molecule is Cc1ccc(Oc2ccc(NC(=O)N(S)C#N)cc2)cc1. The van der Waals surface area contributed by atoms with Crippen LogP contribution in [0.15, 0.2) is 48.5 Å². The first-order chi connectivity index (χ1) is 10.1. The summed E-state index contributed by atoms with van der Waals surface area (Å²) in [7, 11) is 0. The zero-order valence-corrected chi connectivity index (χ0v) is 12.2. The molecule has 0 spiro atoms. The van der Waals surface area contributed by atoms with Crippen LogP contribution in [-0.4, -0.2) is 10.3 Å². The van der Waals surface area contributed by atoms with Crippen LogP contribution in [0.25, 0.3) is 0 Å². The number of nitrogens with one attached hydrogen (secondary N) is 1. The van der Waals surface area contributed by atoms with Crippen LogP contribution in [0.4, 0.5) is 10.5 Å². The Morgan fingerprint density at radius 2 is 1.67 bits per heavy atom. The Kier molecular flexibility index (Phi) is 4.69. The van der Waals surface area contributed by atoms with Crippen molar-refractivity contribution in [3.63, 3.8) is 0 Å². The summed E-state index contributed by atoms with van der Waals surface area (Å²) in [5.41, 5.74) is 1.71. The Bertz CT molecular complexity index is 663. The molecule has 0 radical (unpaired) electrons. The number of rotatable bonds is 3. The number of thiol groups is 1. The molecular formula is C15H13N3O2S. The van der Waals surface area contributed by atoms with Gasteiger partial charge in [-0.25, -0.2) is 4.79 Å². The minimum absolute atomic E-state index is 0.547. The van der Waals surface area contributed by atoms with E-state index >= 15 is 0 Å². The van der Waals surface area contributed by atoms with Crippen LogP contribution in [0.3, 0.4) is 0 Å². The van der Waals surface area contributed by atoms with Gasteiger partial charge in [0, 0.05) is 5.69 Å². The number of hydrogen-bond donors (Lipinski definition) is 2. The van der Waals surface area contributed by atoms with Crippen molar-refractivity contribution >= 4 is 24.5 Å². The van der Waals surface area contributed by atoms with Crippen molar-refractivity contribution in [3.05, 3.63) is 54.1 Å². The first-order valence-corrected chi connectivity index (χ1v) is 6.53. The monoisotopic (exact) mass is 299 g/mol. The zero-order valence-electron chi connectivity index (χ0n) is 11.3. The maximum atomic E-state index is 11.4. The van der Waals surface area contributed by atoms with Crippen molar-refractivity contribution in [1.29, 1.82) is 5.26 Å². The average molecular weight is 299 g/mol. The number of hydrogen-bond acceptors (Lipinski definition) is 4. The normalized spacial score (nSPS) is 9.57. The van der Waals surface area contributed by atoms with Crippen LogP contribution in [0.1, 0.15) is 5.56 Å². The molecule has 5 nitrogen and oxygen atoms in total. The largest absolute Gasteiger partial charge is 0.457 e. The molecule has 106 valence electrons. The van der Waals surface area contributed by atoms with Crippen LogP contribution in [0.2, 0.25) is 0 Å². The molecule has 2 aromatic rings. The fourth-order valence-corrected chi connectivity index (χ4v) is 1.62. The molecule has 0 unspecified atom stereocenters. The van der Waals surface area contributed by atoms with Crippen molar-refractivity contribution in [2.45, 2.75) is 6.92 Å². The minimum atomic E-state index is -0.618. The molecule has 0 aliphatic carbocycles. The molecule has 21 heavy (non-hydrogen) atoms. The predicted molar refractivity (Wildman–Crippen MR) is 83.2 cm³/mol. The van der Waals surface area contributed by atoms with Gasteiger partial charge in [0.25, 0.3) is 0 Å². The summed E-state index contributed by atoms with van der Waals surface area (Å²) in [5.74, 6) is 1.39. The number of ether oxygens (including phenoxy) is 1. The van der Waals surface area contributed by atoms with Crippen molar-refractivity contribution < 1.29 is 9.53 Å². The quantitative estimate of drug-likeness (QED) is 0.512. The first-order valence-electron chi connectivity index (χ1n) is 6.13. The molecular weight excluding hydrogens is 286 g/mol. The summed E-state index contributed by atoms with van der Waals surface area (Å²) in [6.07, 6.45) is 1.59. The highest BCUT2D eigenvalue weighted by Crippen LogP contribution is 2.23. The standard InChI is InChI=1S/C15H13N3O2S/c1-11-2-6-13(7-3-11)20-14-8-4-12(5-9-14)17-15(19)18(21)10-16/h2-9,21H,1H3,(H,17,19). The van der Waals surface area contributed by atoms with E-state index < -0.39 is 6.03 Å². The maximum absolute atomic E-state index is 11.4. The molecule has 0 fully saturated rings. The molecule has 2 rings (SSSR count). The Morgan fingerprint density at radius 1 is 1.14 bits per heavy atom. The topological polar surface area (TPSA) is 65.4 Å². The Morgan fingerprint density at radius 3 is 2.19 bits per heavy atom. The van der Waals surface area contributed by atoms with Gasteiger partial charge in [0.1, 0.15) is 11.5 Å². The van der Waals surface area contributed by atoms with Crippen LogP contribution in [-0.2, 0) is 0 Å². The van der Waals surface area contributed by atoms with Gasteiger partial charge in [0.2, 0.25) is 0 Å². The molecule has 6 heteroatoms. The Balaban J connectivity index is 2.00. The van der Waals surface area contributed by atoms with Gasteiger partial charge in [-0.05, 0) is 56.1 Å². The van der Waals surface area contributed by atoms with Crippen molar-refractivity contribution in [1.82, 2.24) is 4.31 Å². The van der Waals surface area contributed by atoms with Gasteiger partial charge in [-0.15, -0.1) is 0 Å². The summed E-state index contributed by atoms with van der Waals surface area (Å²) in [6, 6.07) is 13.9. The minimum Gasteiger partial charge on any atom is -0.457 e. The fourth-order valence-electron chi connectivity index (χ4n) is 1.57. The molecule has 0 aromatic heterocycles. The average Bonchev–Trinajstić information content (AvgIpc) is 2.50. The van der Waals surface area contributed by atoms with Crippen molar-refractivity contribution in [3.8, 4) is 17.7 Å². The van der Waals surface area contributed by atoms with Gasteiger partial charge >= 0.3 is 6.03 Å². The molecule has 2 aromatic carbocycles. The third-order valence-electron chi connectivity index (χ3n) is 2.65. The molecule has 0 atom stereocenters. The molecule has 0 bridgehead atoms. The van der Waals surface area contributed by atoms with E-state index in [-0.39, 0.29) is 0 Å². The zero-order chi connectivity index (χ0) is 15.2. The number of amides is 2. The van der Waals surface area contributed by atoms with Crippen LogP contribution >= 0.6 is 12.8 Å². The number of aryl methyl sites for hydroxylation is 1. The lowest BCUT2D eigenvalue weighted by molar-refractivity contribution is 0.246. The Hall–Kier alpha value is -2.65. The molecule has 2 amide bonds. The van der Waals surface area contributed by atoms with Crippen molar-refractivity contribution in [2.75, 3.05) is 5.32 Å². The van der Waals surface area contributed by atoms with E-state index in [0.29, 0.717) is 15.7 Å². The van der Waals surface area contributed by atoms with Crippen LogP contribution in [0.5, 0.6) is 11.5 Å². The molecule has 0 saturated carbocycles. The van der Waals surface area contributed by atoms with Gasteiger partial charge in [0.15, 0.2) is 6.19 Å². The highest BCUT2D eigenvalue weighted by atomic mass is 32.1. The van der Waals surface area contributed by atoms with Crippen molar-refractivity contribution in [2.24, 2.45) is 0 Å². The number of carbonyl (C=O) groups excluding carboxylic acids is 1. The van der Waals surface area contributed by atoms with Gasteiger partial charge < -0.3 is 10.1 Å². The summed E-state index contributed by atoms with van der Waals surface area (Å²) in [4.78, 5) is 11.4. The first kappa shape index (κ1) is 14.8. The summed E-state index contributed by atoms with van der Waals surface area (Å²) >= 11 is 3.69. The maximum Gasteiger partial charge on any atom is 0.345 e. The fraction of sp³-hybridized carbons (Fsp3) is 0.0667. The second-order valence-corrected chi connectivity index (χ2v) is 4.68. The molecule has 0 heterocycles. The van der Waals surface area contributed by atoms with E-state index in [9.17, 15) is 4.79 Å². The third-order valence-corrected chi connectivity index (χ3v) is 2.92. The van der Waals surface area contributed by atoms with E-state index in [2.05, 4.69) is 18.1 Å². The predicted octanol–water partition coefficient (Wildman–Crippen LogP) is 3.95. The smallest absolute Gasteiger partial charge is 0.345 e. The van der Waals surface area contributed by atoms with Gasteiger partial charge in [-0.2, -0.15) is 9.57 Å². The van der Waals surface area contributed by atoms with Gasteiger partial charge in [0.05, 0.1) is 0 Å². The van der Waals surface area contributed by atoms with E-state index in [1.165, 1.54) is 0 Å². The van der Waals surface area contributed by atoms with Gasteiger partial charge in [-0.1, -0.05) is 17.7 Å². The highest BCUT2D eigenvalue weighted by Gasteiger charge is 2.08. The third kappa shape index (κ3) is 4.16. The highest BCUT2D eigenvalue weighted by molar-refractivity contribution is 7.78. The second-order valence-electron chi connectivity index (χ2n) is 4.28. The molecule has 0 aliphatic heterocycles. The van der Waals surface area contributed by atoms with E-state index in [1.807, 2.05) is 31.2 Å². The summed E-state index contributed by atoms with van der Waals surface area (Å²) in [5, 5.41) is 11.1. The number of nitrogens with zero attached hydrogens (tertiary/aromatic N) is 2. The Labute approximate surface area is 128 Å². The number of nitriles is 1. The van der Waals surface area contributed by atoms with Crippen LogP contribution in [0, 0.1) is 18.4 Å². The number of carbonyl (C=O) groups is 1.